The van der Waals surface area contributed by atoms with Crippen LogP contribution in [0.15, 0.2) is 15.9 Å². The van der Waals surface area contributed by atoms with Gasteiger partial charge in [-0.3, -0.25) is 18.7 Å². The van der Waals surface area contributed by atoms with Crippen molar-refractivity contribution in [3.63, 3.8) is 0 Å². The second kappa shape index (κ2) is 7.09. The Hall–Kier alpha value is -2.38. The molecule has 0 radical (unpaired) electrons. The van der Waals surface area contributed by atoms with E-state index < -0.39 is 5.69 Å². The van der Waals surface area contributed by atoms with Crippen LogP contribution >= 0.6 is 0 Å². The zero-order valence-corrected chi connectivity index (χ0v) is 15.7. The van der Waals surface area contributed by atoms with E-state index in [2.05, 4.69) is 17.2 Å². The highest BCUT2D eigenvalue weighted by Gasteiger charge is 2.28. The largest absolute Gasteiger partial charge is 0.351 e. The maximum atomic E-state index is 12.4. The molecule has 1 N–H and O–H groups in total. The Morgan fingerprint density at radius 2 is 1.88 bits per heavy atom. The van der Waals surface area contributed by atoms with Crippen LogP contribution in [0, 0.1) is 0 Å². The Kier molecular flexibility index (Phi) is 5.02. The topological polar surface area (TPSA) is 90.9 Å². The summed E-state index contributed by atoms with van der Waals surface area (Å²) in [6.45, 7) is 2.63. The molecule has 1 aliphatic carbocycles. The third kappa shape index (κ3) is 3.45. The van der Waals surface area contributed by atoms with Gasteiger partial charge in [0.15, 0.2) is 11.2 Å². The number of hydrogen-bond donors (Lipinski definition) is 1. The molecule has 0 unspecified atom stereocenters. The molecule has 1 amide bonds. The van der Waals surface area contributed by atoms with Gasteiger partial charge in [-0.25, -0.2) is 9.78 Å². The van der Waals surface area contributed by atoms with Crippen molar-refractivity contribution in [3.8, 4) is 0 Å². The summed E-state index contributed by atoms with van der Waals surface area (Å²) in [6, 6.07) is 0. The van der Waals surface area contributed by atoms with Gasteiger partial charge in [0, 0.05) is 32.6 Å². The number of fused-ring (bicyclic) bond motifs is 1. The van der Waals surface area contributed by atoms with Gasteiger partial charge in [-0.1, -0.05) is 19.3 Å². The van der Waals surface area contributed by atoms with Gasteiger partial charge in [-0.05, 0) is 26.2 Å². The zero-order chi connectivity index (χ0) is 18.9. The summed E-state index contributed by atoms with van der Waals surface area (Å²) in [5.74, 6) is 0.0547. The molecule has 0 bridgehead atoms. The minimum absolute atomic E-state index is 0.0547. The first-order chi connectivity index (χ1) is 12.3. The normalized spacial score (nSPS) is 16.7. The smallest absolute Gasteiger partial charge is 0.332 e. The van der Waals surface area contributed by atoms with Crippen LogP contribution in [0.2, 0.25) is 0 Å². The highest BCUT2D eigenvalue weighted by Crippen LogP contribution is 2.27. The van der Waals surface area contributed by atoms with Crippen LogP contribution in [0.25, 0.3) is 11.2 Å². The number of aromatic nitrogens is 4. The summed E-state index contributed by atoms with van der Waals surface area (Å²) in [5.41, 5.74) is -0.0650. The van der Waals surface area contributed by atoms with Gasteiger partial charge in [-0.2, -0.15) is 0 Å². The molecule has 8 heteroatoms. The van der Waals surface area contributed by atoms with Gasteiger partial charge < -0.3 is 9.88 Å². The summed E-state index contributed by atoms with van der Waals surface area (Å²) in [4.78, 5) is 40.8. The zero-order valence-electron chi connectivity index (χ0n) is 15.7. The van der Waals surface area contributed by atoms with E-state index >= 15 is 0 Å². The Bertz CT molecular complexity index is 931. The van der Waals surface area contributed by atoms with Crippen LogP contribution in [0.3, 0.4) is 0 Å². The minimum atomic E-state index is -0.396. The van der Waals surface area contributed by atoms with Crippen LogP contribution in [0.4, 0.5) is 0 Å². The number of amides is 1. The number of nitrogens with one attached hydrogen (secondary N) is 1. The second-order valence-electron chi connectivity index (χ2n) is 7.59. The third-order valence-electron chi connectivity index (χ3n) is 5.42. The number of nitrogens with zero attached hydrogens (tertiary/aromatic N) is 4. The fourth-order valence-electron chi connectivity index (χ4n) is 3.83. The lowest BCUT2D eigenvalue weighted by atomic mass is 9.83. The quantitative estimate of drug-likeness (QED) is 0.862. The van der Waals surface area contributed by atoms with Crippen molar-refractivity contribution in [1.82, 2.24) is 24.0 Å². The monoisotopic (exact) mass is 361 g/mol. The molecule has 0 atom stereocenters. The predicted octanol–water partition coefficient (Wildman–Crippen LogP) is 1.05. The molecule has 0 spiro atoms. The molecule has 0 aliphatic heterocycles. The first-order valence-electron chi connectivity index (χ1n) is 9.24. The van der Waals surface area contributed by atoms with E-state index in [0.29, 0.717) is 30.6 Å². The van der Waals surface area contributed by atoms with Gasteiger partial charge in [0.05, 0.1) is 6.33 Å². The Morgan fingerprint density at radius 3 is 2.58 bits per heavy atom. The Morgan fingerprint density at radius 1 is 1.19 bits per heavy atom. The van der Waals surface area contributed by atoms with Gasteiger partial charge in [0.2, 0.25) is 5.91 Å². The number of rotatable bonds is 5. The first kappa shape index (κ1) is 18.4. The SMILES string of the molecule is Cn1c(=O)c2c(ncn2CCCC(=O)NC2(C)CCCCC2)n(C)c1=O. The van der Waals surface area contributed by atoms with Crippen molar-refractivity contribution < 1.29 is 4.79 Å². The number of carbonyl (C=O) groups is 1. The summed E-state index contributed by atoms with van der Waals surface area (Å²) in [7, 11) is 3.06. The number of carbonyl (C=O) groups excluding carboxylic acids is 1. The van der Waals surface area contributed by atoms with E-state index in [9.17, 15) is 14.4 Å². The highest BCUT2D eigenvalue weighted by molar-refractivity contribution is 5.76. The summed E-state index contributed by atoms with van der Waals surface area (Å²) in [5, 5.41) is 3.17. The number of imidazole rings is 1. The van der Waals surface area contributed by atoms with Crippen LogP contribution in [-0.4, -0.2) is 30.1 Å². The standard InChI is InChI=1S/C18H27N5O3/c1-18(9-5-4-6-10-18)20-13(24)8-7-11-23-12-19-15-14(23)16(25)22(3)17(26)21(15)2/h12H,4-11H2,1-3H3,(H,20,24). The van der Waals surface area contributed by atoms with E-state index in [1.54, 1.807) is 17.9 Å². The van der Waals surface area contributed by atoms with Crippen LogP contribution in [0.5, 0.6) is 0 Å². The summed E-state index contributed by atoms with van der Waals surface area (Å²) < 4.78 is 4.17. The summed E-state index contributed by atoms with van der Waals surface area (Å²) in [6.07, 6.45) is 8.23. The lowest BCUT2D eigenvalue weighted by Gasteiger charge is -2.34. The lowest BCUT2D eigenvalue weighted by Crippen LogP contribution is -2.47. The molecule has 1 aliphatic rings. The predicted molar refractivity (Wildman–Crippen MR) is 99.1 cm³/mol. The van der Waals surface area contributed by atoms with Crippen molar-refractivity contribution in [2.75, 3.05) is 0 Å². The maximum absolute atomic E-state index is 12.4. The van der Waals surface area contributed by atoms with Gasteiger partial charge in [0.25, 0.3) is 5.56 Å². The molecule has 142 valence electrons. The molecule has 0 aromatic carbocycles. The molecule has 1 saturated carbocycles. The molecule has 0 saturated heterocycles. The van der Waals surface area contributed by atoms with Crippen molar-refractivity contribution in [2.45, 2.75) is 64.0 Å². The third-order valence-corrected chi connectivity index (χ3v) is 5.42. The van der Waals surface area contributed by atoms with E-state index in [1.165, 1.54) is 30.9 Å². The average Bonchev–Trinajstić information content (AvgIpc) is 3.02. The molecule has 2 aromatic heterocycles. The molecule has 8 nitrogen and oxygen atoms in total. The molecule has 3 rings (SSSR count). The molecular formula is C18H27N5O3. The van der Waals surface area contributed by atoms with Crippen molar-refractivity contribution in [3.05, 3.63) is 27.2 Å². The van der Waals surface area contributed by atoms with Crippen molar-refractivity contribution in [1.29, 1.82) is 0 Å². The minimum Gasteiger partial charge on any atom is -0.351 e. The molecular weight excluding hydrogens is 334 g/mol. The van der Waals surface area contributed by atoms with E-state index in [4.69, 9.17) is 0 Å². The van der Waals surface area contributed by atoms with Crippen molar-refractivity contribution in [2.24, 2.45) is 14.1 Å². The number of hydrogen-bond acceptors (Lipinski definition) is 4. The fourth-order valence-corrected chi connectivity index (χ4v) is 3.83. The maximum Gasteiger partial charge on any atom is 0.332 e. The van der Waals surface area contributed by atoms with E-state index in [0.717, 1.165) is 17.4 Å². The van der Waals surface area contributed by atoms with Crippen molar-refractivity contribution >= 4 is 17.1 Å². The van der Waals surface area contributed by atoms with Crippen LogP contribution in [-0.2, 0) is 25.4 Å². The van der Waals surface area contributed by atoms with Gasteiger partial charge in [0.1, 0.15) is 0 Å². The van der Waals surface area contributed by atoms with E-state index in [1.807, 2.05) is 0 Å². The average molecular weight is 361 g/mol. The molecule has 2 aromatic rings. The lowest BCUT2D eigenvalue weighted by molar-refractivity contribution is -0.123. The Labute approximate surface area is 151 Å². The molecule has 2 heterocycles. The molecule has 26 heavy (non-hydrogen) atoms. The first-order valence-corrected chi connectivity index (χ1v) is 9.24. The fraction of sp³-hybridized carbons (Fsp3) is 0.667. The van der Waals surface area contributed by atoms with Crippen LogP contribution < -0.4 is 16.6 Å². The van der Waals surface area contributed by atoms with Gasteiger partial charge >= 0.3 is 5.69 Å². The second-order valence-corrected chi connectivity index (χ2v) is 7.59. The molecule has 1 fully saturated rings. The summed E-state index contributed by atoms with van der Waals surface area (Å²) >= 11 is 0. The van der Waals surface area contributed by atoms with Gasteiger partial charge in [-0.15, -0.1) is 0 Å². The highest BCUT2D eigenvalue weighted by atomic mass is 16.2. The Balaban J connectivity index is 1.66. The van der Waals surface area contributed by atoms with Crippen LogP contribution in [0.1, 0.15) is 51.9 Å². The number of aryl methyl sites for hydroxylation is 2. The van der Waals surface area contributed by atoms with E-state index in [-0.39, 0.29) is 17.0 Å².